The van der Waals surface area contributed by atoms with Gasteiger partial charge in [-0.1, -0.05) is 36.5 Å². The Balaban J connectivity index is 1.69. The number of methoxy groups -OCH3 is 1. The molecule has 0 fully saturated rings. The van der Waals surface area contributed by atoms with Gasteiger partial charge in [-0.3, -0.25) is 4.79 Å². The van der Waals surface area contributed by atoms with Crippen molar-refractivity contribution < 1.29 is 4.74 Å². The van der Waals surface area contributed by atoms with Gasteiger partial charge < -0.3 is 4.74 Å². The molecule has 6 rings (SSSR count). The Hall–Kier alpha value is -2.91. The first-order valence-corrected chi connectivity index (χ1v) is 9.93. The zero-order valence-electron chi connectivity index (χ0n) is 14.8. The van der Waals surface area contributed by atoms with Crippen molar-refractivity contribution in [2.24, 2.45) is 5.92 Å². The zero-order valence-corrected chi connectivity index (χ0v) is 15.6. The molecule has 4 aliphatic carbocycles. The molecule has 1 atom stereocenters. The van der Waals surface area contributed by atoms with Crippen LogP contribution in [0.25, 0.3) is 21.7 Å². The van der Waals surface area contributed by atoms with Gasteiger partial charge in [-0.05, 0) is 58.6 Å². The minimum Gasteiger partial charge on any atom is -0.497 e. The number of ether oxygens (including phenoxy) is 1. The van der Waals surface area contributed by atoms with Crippen molar-refractivity contribution >= 4 is 33.1 Å². The summed E-state index contributed by atoms with van der Waals surface area (Å²) in [7, 11) is 1.66. The summed E-state index contributed by atoms with van der Waals surface area (Å²) in [6.07, 6.45) is 16.4. The smallest absolute Gasteiger partial charge is 0.195 e. The number of hydrogen-bond donors (Lipinski definition) is 0. The Morgan fingerprint density at radius 3 is 2.96 bits per heavy atom. The van der Waals surface area contributed by atoms with E-state index in [1.807, 2.05) is 18.2 Å². The maximum Gasteiger partial charge on any atom is 0.195 e. The van der Waals surface area contributed by atoms with Gasteiger partial charge in [0.2, 0.25) is 0 Å². The Morgan fingerprint density at radius 1 is 1.15 bits per heavy atom. The van der Waals surface area contributed by atoms with Crippen molar-refractivity contribution in [1.82, 2.24) is 0 Å². The van der Waals surface area contributed by atoms with E-state index < -0.39 is 0 Å². The van der Waals surface area contributed by atoms with Crippen molar-refractivity contribution in [3.63, 3.8) is 0 Å². The molecule has 0 saturated carbocycles. The maximum atomic E-state index is 13.2. The van der Waals surface area contributed by atoms with Crippen LogP contribution in [0.3, 0.4) is 0 Å². The molecule has 0 spiro atoms. The van der Waals surface area contributed by atoms with Gasteiger partial charge in [0.05, 0.1) is 7.11 Å². The number of rotatable bonds is 1. The average Bonchev–Trinajstić information content (AvgIpc) is 2.72. The molecule has 1 aromatic carbocycles. The average molecular weight is 368 g/mol. The molecule has 130 valence electrons. The van der Waals surface area contributed by atoms with Crippen LogP contribution in [-0.4, -0.2) is 7.11 Å². The highest BCUT2D eigenvalue weighted by Crippen LogP contribution is 2.52. The summed E-state index contributed by atoms with van der Waals surface area (Å²) in [6.45, 7) is 0. The predicted molar refractivity (Wildman–Crippen MR) is 112 cm³/mol. The largest absolute Gasteiger partial charge is 0.497 e. The highest BCUT2D eigenvalue weighted by molar-refractivity contribution is 7.19. The first-order chi connectivity index (χ1) is 13.2. The van der Waals surface area contributed by atoms with Gasteiger partial charge in [-0.2, -0.15) is 0 Å². The van der Waals surface area contributed by atoms with Gasteiger partial charge in [0, 0.05) is 26.4 Å². The molecular formula is C24H16O2S. The van der Waals surface area contributed by atoms with Gasteiger partial charge in [0.1, 0.15) is 5.75 Å². The number of allylic oxidation sites excluding steroid dienone is 11. The molecule has 0 N–H and O–H groups in total. The lowest BCUT2D eigenvalue weighted by Crippen LogP contribution is -2.24. The zero-order chi connectivity index (χ0) is 18.1. The molecular weight excluding hydrogens is 352 g/mol. The van der Waals surface area contributed by atoms with E-state index in [9.17, 15) is 4.79 Å². The molecule has 0 bridgehead atoms. The summed E-state index contributed by atoms with van der Waals surface area (Å²) < 4.78 is 6.35. The number of hydrogen-bond acceptors (Lipinski definition) is 3. The van der Waals surface area contributed by atoms with E-state index in [1.165, 1.54) is 27.9 Å². The highest BCUT2D eigenvalue weighted by Gasteiger charge is 2.36. The maximum absolute atomic E-state index is 13.2. The van der Waals surface area contributed by atoms with E-state index in [-0.39, 0.29) is 11.3 Å². The van der Waals surface area contributed by atoms with E-state index in [1.54, 1.807) is 18.4 Å². The van der Waals surface area contributed by atoms with Crippen molar-refractivity contribution in [3.8, 4) is 5.75 Å². The van der Waals surface area contributed by atoms with Gasteiger partial charge in [0.15, 0.2) is 5.43 Å². The van der Waals surface area contributed by atoms with Gasteiger partial charge >= 0.3 is 0 Å². The molecule has 1 heterocycles. The van der Waals surface area contributed by atoms with Crippen LogP contribution in [0.2, 0.25) is 0 Å². The van der Waals surface area contributed by atoms with E-state index in [2.05, 4.69) is 42.5 Å². The SMILES string of the molecule is COc1ccc2c(=O)c3c(sc2c1)C1=CC=C2CC=CC4=C2C1C(=C3)C=C4. The first kappa shape index (κ1) is 15.2. The topological polar surface area (TPSA) is 26.3 Å². The molecule has 0 saturated heterocycles. The van der Waals surface area contributed by atoms with Crippen molar-refractivity contribution in [1.29, 1.82) is 0 Å². The van der Waals surface area contributed by atoms with Gasteiger partial charge in [-0.25, -0.2) is 0 Å². The standard InChI is InChI=1S/C24H16O2S/c1-26-16-8-10-17-20(12-16)27-24-18-9-7-14-4-2-3-13-5-6-15(22(18)21(13)14)11-19(24)23(17)25/h2-3,5-12,22H,4H2,1H3. The van der Waals surface area contributed by atoms with Crippen molar-refractivity contribution in [2.75, 3.05) is 7.11 Å². The summed E-state index contributed by atoms with van der Waals surface area (Å²) in [5, 5.41) is 0.766. The highest BCUT2D eigenvalue weighted by atomic mass is 32.1. The normalized spacial score (nSPS) is 21.4. The Morgan fingerprint density at radius 2 is 2.07 bits per heavy atom. The molecule has 2 nitrogen and oxygen atoms in total. The fourth-order valence-corrected chi connectivity index (χ4v) is 5.82. The lowest BCUT2D eigenvalue weighted by molar-refractivity contribution is 0.415. The van der Waals surface area contributed by atoms with E-state index in [0.717, 1.165) is 32.7 Å². The lowest BCUT2D eigenvalue weighted by atomic mass is 9.68. The molecule has 0 radical (unpaired) electrons. The number of fused-ring (bicyclic) bond motifs is 3. The van der Waals surface area contributed by atoms with Crippen molar-refractivity contribution in [3.05, 3.63) is 97.6 Å². The van der Waals surface area contributed by atoms with E-state index in [0.29, 0.717) is 0 Å². The van der Waals surface area contributed by atoms with E-state index >= 15 is 0 Å². The monoisotopic (exact) mass is 368 g/mol. The van der Waals surface area contributed by atoms with Gasteiger partial charge in [-0.15, -0.1) is 11.3 Å². The molecule has 0 aliphatic heterocycles. The molecule has 0 amide bonds. The fourth-order valence-electron chi connectivity index (χ4n) is 4.59. The second-order valence-corrected chi connectivity index (χ2v) is 8.29. The Labute approximate surface area is 160 Å². The Bertz CT molecular complexity index is 1290. The van der Waals surface area contributed by atoms with Crippen LogP contribution in [0.5, 0.6) is 5.75 Å². The quantitative estimate of drug-likeness (QED) is 0.671. The summed E-state index contributed by atoms with van der Waals surface area (Å²) in [5.74, 6) is 1.04. The second-order valence-electron chi connectivity index (χ2n) is 7.24. The van der Waals surface area contributed by atoms with Crippen LogP contribution in [0.4, 0.5) is 0 Å². The first-order valence-electron chi connectivity index (χ1n) is 9.11. The summed E-state index contributed by atoms with van der Waals surface area (Å²) in [5.41, 5.74) is 7.54. The third kappa shape index (κ3) is 1.98. The predicted octanol–water partition coefficient (Wildman–Crippen LogP) is 5.43. The second kappa shape index (κ2) is 5.30. The van der Waals surface area contributed by atoms with Crippen LogP contribution in [0.15, 0.2) is 81.7 Å². The Kier molecular flexibility index (Phi) is 2.98. The minimum absolute atomic E-state index is 0.111. The van der Waals surface area contributed by atoms with Crippen LogP contribution >= 0.6 is 11.3 Å². The van der Waals surface area contributed by atoms with Crippen LogP contribution in [0.1, 0.15) is 16.9 Å². The van der Waals surface area contributed by atoms with Gasteiger partial charge in [0.25, 0.3) is 0 Å². The minimum atomic E-state index is 0.111. The van der Waals surface area contributed by atoms with Crippen molar-refractivity contribution in [2.45, 2.75) is 6.42 Å². The molecule has 4 aliphatic rings. The summed E-state index contributed by atoms with van der Waals surface area (Å²) in [4.78, 5) is 14.3. The third-order valence-electron chi connectivity index (χ3n) is 5.85. The van der Waals surface area contributed by atoms with E-state index in [4.69, 9.17) is 4.74 Å². The van der Waals surface area contributed by atoms with Crippen LogP contribution < -0.4 is 10.2 Å². The molecule has 1 aromatic heterocycles. The van der Waals surface area contributed by atoms with Crippen LogP contribution in [0, 0.1) is 5.92 Å². The third-order valence-corrected chi connectivity index (χ3v) is 7.07. The molecule has 27 heavy (non-hydrogen) atoms. The fraction of sp³-hybridized carbons (Fsp3) is 0.125. The lowest BCUT2D eigenvalue weighted by Gasteiger charge is -2.37. The van der Waals surface area contributed by atoms with Crippen LogP contribution in [-0.2, 0) is 0 Å². The molecule has 1 unspecified atom stereocenters. The molecule has 3 heteroatoms. The summed E-state index contributed by atoms with van der Waals surface area (Å²) >= 11 is 1.70. The summed E-state index contributed by atoms with van der Waals surface area (Å²) in [6, 6.07) is 5.72. The molecule has 2 aromatic rings. The number of benzene rings is 1.